The number of aliphatic hydroxyl groups is 1. The van der Waals surface area contributed by atoms with E-state index in [4.69, 9.17) is 9.47 Å². The number of phenolic OH excluding ortho intramolecular Hbond substituents is 4. The molecule has 0 unspecified atom stereocenters. The van der Waals surface area contributed by atoms with Gasteiger partial charge in [-0.1, -0.05) is 0 Å². The van der Waals surface area contributed by atoms with Gasteiger partial charge in [-0.3, -0.25) is 14.4 Å². The molecule has 42 heavy (non-hydrogen) atoms. The molecule has 0 fully saturated rings. The number of fused-ring (bicyclic) bond motifs is 4. The Bertz CT molecular complexity index is 1980. The van der Waals surface area contributed by atoms with E-state index in [1.165, 1.54) is 52.3 Å². The number of rotatable bonds is 3. The van der Waals surface area contributed by atoms with Crippen molar-refractivity contribution in [1.82, 2.24) is 0 Å². The molecule has 2 aliphatic carbocycles. The second kappa shape index (κ2) is 8.95. The number of ketones is 3. The molecule has 0 bridgehead atoms. The molecule has 0 spiro atoms. The Morgan fingerprint density at radius 3 is 1.98 bits per heavy atom. The summed E-state index contributed by atoms with van der Waals surface area (Å²) in [6.07, 6.45) is 0.885. The van der Waals surface area contributed by atoms with E-state index < -0.39 is 40.2 Å². The third kappa shape index (κ3) is 3.65. The normalized spacial score (nSPS) is 18.2. The third-order valence-electron chi connectivity index (χ3n) is 8.01. The molecular formula is C32H26O10. The largest absolute Gasteiger partial charge is 0.508 e. The first-order valence-corrected chi connectivity index (χ1v) is 13.0. The number of Topliss-reactive ketones (excluding diaryl/α,β-unsaturated/α-hetero) is 2. The van der Waals surface area contributed by atoms with Crippen molar-refractivity contribution in [3.63, 3.8) is 0 Å². The van der Waals surface area contributed by atoms with E-state index in [0.29, 0.717) is 5.56 Å². The van der Waals surface area contributed by atoms with Gasteiger partial charge in [0.05, 0.1) is 41.7 Å². The fraction of sp³-hybridized carbons (Fsp3) is 0.219. The van der Waals surface area contributed by atoms with Crippen LogP contribution in [0.2, 0.25) is 0 Å². The Morgan fingerprint density at radius 1 is 0.738 bits per heavy atom. The molecule has 10 nitrogen and oxygen atoms in total. The summed E-state index contributed by atoms with van der Waals surface area (Å²) < 4.78 is 10.9. The van der Waals surface area contributed by atoms with E-state index in [0.717, 1.165) is 6.08 Å². The van der Waals surface area contributed by atoms with Crippen molar-refractivity contribution >= 4 is 38.9 Å². The summed E-state index contributed by atoms with van der Waals surface area (Å²) in [5, 5.41) is 56.0. The van der Waals surface area contributed by atoms with Crippen LogP contribution in [-0.4, -0.2) is 62.7 Å². The van der Waals surface area contributed by atoms with Gasteiger partial charge in [0.25, 0.3) is 0 Å². The zero-order chi connectivity index (χ0) is 30.4. The molecule has 0 amide bonds. The van der Waals surface area contributed by atoms with Crippen LogP contribution >= 0.6 is 0 Å². The van der Waals surface area contributed by atoms with Gasteiger partial charge in [-0.05, 0) is 37.6 Å². The molecule has 0 aliphatic heterocycles. The number of hydrogen-bond acceptors (Lipinski definition) is 10. The zero-order valence-corrected chi connectivity index (χ0v) is 23.1. The molecule has 10 heteroatoms. The van der Waals surface area contributed by atoms with E-state index in [1.54, 1.807) is 0 Å². The van der Waals surface area contributed by atoms with Crippen molar-refractivity contribution < 1.29 is 49.4 Å². The second-order valence-electron chi connectivity index (χ2n) is 11.0. The lowest BCUT2D eigenvalue weighted by Crippen LogP contribution is -2.35. The van der Waals surface area contributed by atoms with Gasteiger partial charge in [-0.25, -0.2) is 0 Å². The molecule has 6 rings (SSSR count). The number of aromatic hydroxyl groups is 4. The van der Waals surface area contributed by atoms with Crippen molar-refractivity contribution in [2.75, 3.05) is 14.2 Å². The minimum Gasteiger partial charge on any atom is -0.508 e. The van der Waals surface area contributed by atoms with Gasteiger partial charge in [-0.2, -0.15) is 0 Å². The van der Waals surface area contributed by atoms with Crippen LogP contribution in [0.4, 0.5) is 0 Å². The van der Waals surface area contributed by atoms with Crippen LogP contribution in [0.3, 0.4) is 0 Å². The molecule has 2 aliphatic rings. The highest BCUT2D eigenvalue weighted by Gasteiger charge is 2.38. The minimum atomic E-state index is -1.40. The first-order chi connectivity index (χ1) is 19.8. The molecular weight excluding hydrogens is 544 g/mol. The third-order valence-corrected chi connectivity index (χ3v) is 8.01. The predicted octanol–water partition coefficient (Wildman–Crippen LogP) is 4.70. The van der Waals surface area contributed by atoms with E-state index in [9.17, 15) is 39.9 Å². The maximum absolute atomic E-state index is 13.7. The molecule has 5 N–H and O–H groups in total. The van der Waals surface area contributed by atoms with Crippen LogP contribution in [0, 0.1) is 0 Å². The molecule has 0 heterocycles. The summed E-state index contributed by atoms with van der Waals surface area (Å²) in [5.41, 5.74) is -1.61. The van der Waals surface area contributed by atoms with Crippen molar-refractivity contribution in [3.8, 4) is 45.6 Å². The van der Waals surface area contributed by atoms with Gasteiger partial charge in [0.1, 0.15) is 34.5 Å². The first kappa shape index (κ1) is 27.1. The number of methoxy groups -OCH3 is 2. The maximum atomic E-state index is 13.7. The van der Waals surface area contributed by atoms with Crippen LogP contribution in [0.15, 0.2) is 35.9 Å². The monoisotopic (exact) mass is 570 g/mol. The standard InChI is InChI=1S/C32H26O10/c1-12-5-17(34)27-28(29(12)37)26(16-7-14(33)8-20(41-3)25(16)31(27)39)23-15-6-13-10-32(2,40)11-19(36)22(13)30(38)24(15)21(42-4)9-18(23)35/h5-9,33,35,38-40H,10-11H2,1-4H3/t32-/m0/s1. The summed E-state index contributed by atoms with van der Waals surface area (Å²) in [5.74, 6) is -3.41. The average Bonchev–Trinajstić information content (AvgIpc) is 2.90. The molecule has 0 radical (unpaired) electrons. The van der Waals surface area contributed by atoms with Crippen LogP contribution in [0.1, 0.15) is 56.9 Å². The quantitative estimate of drug-likeness (QED) is 0.232. The van der Waals surface area contributed by atoms with Gasteiger partial charge < -0.3 is 35.0 Å². The van der Waals surface area contributed by atoms with E-state index in [1.807, 2.05) is 0 Å². The van der Waals surface area contributed by atoms with E-state index in [-0.39, 0.29) is 85.0 Å². The van der Waals surface area contributed by atoms with Crippen LogP contribution < -0.4 is 9.47 Å². The molecule has 1 atom stereocenters. The van der Waals surface area contributed by atoms with Gasteiger partial charge in [-0.15, -0.1) is 0 Å². The van der Waals surface area contributed by atoms with Crippen molar-refractivity contribution in [1.29, 1.82) is 0 Å². The molecule has 0 saturated heterocycles. The molecule has 4 aromatic carbocycles. The van der Waals surface area contributed by atoms with Crippen LogP contribution in [0.5, 0.6) is 34.5 Å². The number of phenols is 4. The number of benzene rings is 4. The molecule has 214 valence electrons. The highest BCUT2D eigenvalue weighted by molar-refractivity contribution is 6.33. The minimum absolute atomic E-state index is 0.00168. The van der Waals surface area contributed by atoms with Gasteiger partial charge in [0.15, 0.2) is 17.3 Å². The fourth-order valence-electron chi connectivity index (χ4n) is 6.32. The van der Waals surface area contributed by atoms with E-state index >= 15 is 0 Å². The Labute approximate surface area is 238 Å². The SMILES string of the molecule is COc1cc(O)c(-c2c3c(c(O)c4c(OC)cc(O)cc24)C(=O)C=C(C)C3=O)c2cc3c(c(O)c12)C(=O)C[C@@](C)(O)C3. The van der Waals surface area contributed by atoms with Gasteiger partial charge in [0.2, 0.25) is 0 Å². The van der Waals surface area contributed by atoms with Crippen molar-refractivity contribution in [2.24, 2.45) is 0 Å². The summed E-state index contributed by atoms with van der Waals surface area (Å²) in [4.78, 5) is 40.1. The number of carbonyl (C=O) groups excluding carboxylic acids is 3. The van der Waals surface area contributed by atoms with Gasteiger partial charge in [0, 0.05) is 58.0 Å². The average molecular weight is 571 g/mol. The Balaban J connectivity index is 1.90. The van der Waals surface area contributed by atoms with Crippen molar-refractivity contribution in [2.45, 2.75) is 32.3 Å². The topological polar surface area (TPSA) is 171 Å². The molecule has 0 aromatic heterocycles. The summed E-state index contributed by atoms with van der Waals surface area (Å²) in [6, 6.07) is 5.23. The lowest BCUT2D eigenvalue weighted by Gasteiger charge is -2.30. The molecule has 4 aromatic rings. The van der Waals surface area contributed by atoms with Crippen molar-refractivity contribution in [3.05, 3.63) is 58.2 Å². The lowest BCUT2D eigenvalue weighted by atomic mass is 9.76. The number of carbonyl (C=O) groups is 3. The summed E-state index contributed by atoms with van der Waals surface area (Å²) in [7, 11) is 2.62. The Kier molecular flexibility index (Phi) is 5.78. The smallest absolute Gasteiger partial charge is 0.190 e. The maximum Gasteiger partial charge on any atom is 0.190 e. The Hall–Kier alpha value is -5.09. The molecule has 0 saturated carbocycles. The van der Waals surface area contributed by atoms with Crippen LogP contribution in [0.25, 0.3) is 32.7 Å². The predicted molar refractivity (Wildman–Crippen MR) is 152 cm³/mol. The summed E-state index contributed by atoms with van der Waals surface area (Å²) >= 11 is 0. The highest BCUT2D eigenvalue weighted by Crippen LogP contribution is 2.54. The van der Waals surface area contributed by atoms with Crippen LogP contribution in [-0.2, 0) is 6.42 Å². The number of ether oxygens (including phenoxy) is 2. The second-order valence-corrected chi connectivity index (χ2v) is 11.0. The number of hydrogen-bond donors (Lipinski definition) is 5. The fourth-order valence-corrected chi connectivity index (χ4v) is 6.32. The van der Waals surface area contributed by atoms with E-state index in [2.05, 4.69) is 0 Å². The lowest BCUT2D eigenvalue weighted by molar-refractivity contribution is 0.0409. The van der Waals surface area contributed by atoms with Gasteiger partial charge >= 0.3 is 0 Å². The first-order valence-electron chi connectivity index (χ1n) is 13.0. The highest BCUT2D eigenvalue weighted by atomic mass is 16.5. The summed E-state index contributed by atoms with van der Waals surface area (Å²) in [6.45, 7) is 2.94. The Morgan fingerprint density at radius 2 is 1.33 bits per heavy atom. The number of allylic oxidation sites excluding steroid dienone is 2. The zero-order valence-electron chi connectivity index (χ0n) is 23.1.